The highest BCUT2D eigenvalue weighted by atomic mass is 32.2. The molecule has 2 nitrogen and oxygen atoms in total. The molecule has 0 heterocycles. The molecule has 0 amide bonds. The summed E-state index contributed by atoms with van der Waals surface area (Å²) in [6.07, 6.45) is 1.53. The quantitative estimate of drug-likeness (QED) is 0.464. The summed E-state index contributed by atoms with van der Waals surface area (Å²) in [5.74, 6) is 0.965. The van der Waals surface area contributed by atoms with Gasteiger partial charge in [0.15, 0.2) is 0 Å². The second-order valence-electron chi connectivity index (χ2n) is 3.99. The van der Waals surface area contributed by atoms with Crippen LogP contribution in [0.15, 0.2) is 72.3 Å². The fourth-order valence-electron chi connectivity index (χ4n) is 1.68. The van der Waals surface area contributed by atoms with Crippen LogP contribution in [-0.2, 0) is 17.2 Å². The molecule has 1 N–H and O–H groups in total. The van der Waals surface area contributed by atoms with E-state index in [1.165, 1.54) is 22.2 Å². The Bertz CT molecular complexity index is 513. The Hall–Kier alpha value is -1.71. The first-order valence-corrected chi connectivity index (χ1v) is 7.11. The molecule has 0 unspecified atom stereocenters. The maximum Gasteiger partial charge on any atom is 0.101 e. The lowest BCUT2D eigenvalue weighted by atomic mass is 10.2. The fraction of sp³-hybridized carbons (Fsp3) is 0.125. The summed E-state index contributed by atoms with van der Waals surface area (Å²) < 4.78 is 0. The number of hydrogen-bond acceptors (Lipinski definition) is 3. The third-order valence-corrected chi connectivity index (χ3v) is 3.79. The standard InChI is InChI=1S/C16H17NOS/c1-2-17-18-12-15-10-6-7-11-16(15)19-13-14-8-4-3-5-9-14/h2-11,17H,1,12-13H2. The van der Waals surface area contributed by atoms with E-state index >= 15 is 0 Å². The highest BCUT2D eigenvalue weighted by Crippen LogP contribution is 2.26. The average molecular weight is 271 g/mol. The molecular weight excluding hydrogens is 254 g/mol. The lowest BCUT2D eigenvalue weighted by Crippen LogP contribution is -2.06. The first-order chi connectivity index (χ1) is 9.40. The third-order valence-electron chi connectivity index (χ3n) is 2.60. The molecule has 98 valence electrons. The van der Waals surface area contributed by atoms with Crippen LogP contribution in [0.5, 0.6) is 0 Å². The SMILES string of the molecule is C=CNOCc1ccccc1SCc1ccccc1. The van der Waals surface area contributed by atoms with E-state index in [1.807, 2.05) is 23.9 Å². The van der Waals surface area contributed by atoms with Crippen LogP contribution in [0, 0.1) is 0 Å². The number of hydrogen-bond donors (Lipinski definition) is 1. The van der Waals surface area contributed by atoms with Crippen molar-refractivity contribution in [3.63, 3.8) is 0 Å². The fourth-order valence-corrected chi connectivity index (χ4v) is 2.68. The van der Waals surface area contributed by atoms with Gasteiger partial charge in [0.1, 0.15) is 6.61 Å². The molecule has 0 radical (unpaired) electrons. The van der Waals surface area contributed by atoms with Gasteiger partial charge in [0.2, 0.25) is 0 Å². The van der Waals surface area contributed by atoms with E-state index in [9.17, 15) is 0 Å². The largest absolute Gasteiger partial charge is 0.275 e. The van der Waals surface area contributed by atoms with Crippen molar-refractivity contribution in [3.8, 4) is 0 Å². The van der Waals surface area contributed by atoms with Crippen molar-refractivity contribution in [2.75, 3.05) is 0 Å². The van der Waals surface area contributed by atoms with Gasteiger partial charge in [0.25, 0.3) is 0 Å². The summed E-state index contributed by atoms with van der Waals surface area (Å²) >= 11 is 1.82. The van der Waals surface area contributed by atoms with Crippen LogP contribution in [0.1, 0.15) is 11.1 Å². The number of hydroxylamine groups is 1. The number of benzene rings is 2. The van der Waals surface area contributed by atoms with Crippen LogP contribution < -0.4 is 5.48 Å². The molecule has 0 spiro atoms. The molecule has 2 rings (SSSR count). The molecule has 3 heteroatoms. The van der Waals surface area contributed by atoms with Gasteiger partial charge in [-0.25, -0.2) is 0 Å². The normalized spacial score (nSPS) is 10.1. The van der Waals surface area contributed by atoms with Crippen molar-refractivity contribution in [2.45, 2.75) is 17.3 Å². The summed E-state index contributed by atoms with van der Waals surface area (Å²) in [6.45, 7) is 4.08. The predicted molar refractivity (Wildman–Crippen MR) is 80.6 cm³/mol. The molecule has 0 aromatic heterocycles. The average Bonchev–Trinajstić information content (AvgIpc) is 2.48. The van der Waals surface area contributed by atoms with Crippen molar-refractivity contribution in [1.29, 1.82) is 0 Å². The summed E-state index contributed by atoms with van der Waals surface area (Å²) in [5.41, 5.74) is 5.16. The van der Waals surface area contributed by atoms with Gasteiger partial charge in [-0.05, 0) is 17.2 Å². The van der Waals surface area contributed by atoms with Gasteiger partial charge < -0.3 is 0 Å². The van der Waals surface area contributed by atoms with Crippen LogP contribution in [0.4, 0.5) is 0 Å². The molecule has 0 atom stereocenters. The number of nitrogens with one attached hydrogen (secondary N) is 1. The molecule has 2 aromatic rings. The van der Waals surface area contributed by atoms with Crippen molar-refractivity contribution < 1.29 is 4.84 Å². The zero-order valence-electron chi connectivity index (χ0n) is 10.7. The van der Waals surface area contributed by atoms with Gasteiger partial charge in [0, 0.05) is 16.8 Å². The van der Waals surface area contributed by atoms with Crippen LogP contribution >= 0.6 is 11.8 Å². The molecule has 0 saturated carbocycles. The first kappa shape index (κ1) is 13.7. The molecule has 0 aliphatic heterocycles. The Morgan fingerprint density at radius 1 is 1.05 bits per heavy atom. The van der Waals surface area contributed by atoms with Crippen LogP contribution in [0.25, 0.3) is 0 Å². The van der Waals surface area contributed by atoms with Crippen molar-refractivity contribution >= 4 is 11.8 Å². The molecule has 0 aliphatic rings. The van der Waals surface area contributed by atoms with Crippen LogP contribution in [-0.4, -0.2) is 0 Å². The molecule has 0 aliphatic carbocycles. The Kier molecular flexibility index (Phi) is 5.53. The van der Waals surface area contributed by atoms with Gasteiger partial charge >= 0.3 is 0 Å². The lowest BCUT2D eigenvalue weighted by molar-refractivity contribution is 0.0565. The summed E-state index contributed by atoms with van der Waals surface area (Å²) in [7, 11) is 0. The van der Waals surface area contributed by atoms with Gasteiger partial charge in [-0.3, -0.25) is 10.3 Å². The van der Waals surface area contributed by atoms with Crippen molar-refractivity contribution in [3.05, 3.63) is 78.5 Å². The van der Waals surface area contributed by atoms with Crippen LogP contribution in [0.3, 0.4) is 0 Å². The Labute approximate surface area is 118 Å². The van der Waals surface area contributed by atoms with E-state index in [1.54, 1.807) is 0 Å². The number of thioether (sulfide) groups is 1. The monoisotopic (exact) mass is 271 g/mol. The van der Waals surface area contributed by atoms with Gasteiger partial charge in [-0.1, -0.05) is 55.1 Å². The predicted octanol–water partition coefficient (Wildman–Crippen LogP) is 4.14. The molecule has 0 bridgehead atoms. The summed E-state index contributed by atoms with van der Waals surface area (Å²) in [6, 6.07) is 18.8. The minimum atomic E-state index is 0.532. The highest BCUT2D eigenvalue weighted by Gasteiger charge is 2.03. The van der Waals surface area contributed by atoms with E-state index < -0.39 is 0 Å². The minimum Gasteiger partial charge on any atom is -0.275 e. The van der Waals surface area contributed by atoms with Gasteiger partial charge in [-0.15, -0.1) is 11.8 Å². The smallest absolute Gasteiger partial charge is 0.101 e. The van der Waals surface area contributed by atoms with Gasteiger partial charge in [0.05, 0.1) is 0 Å². The Morgan fingerprint density at radius 3 is 2.58 bits per heavy atom. The zero-order chi connectivity index (χ0) is 13.3. The minimum absolute atomic E-state index is 0.532. The van der Waals surface area contributed by atoms with Gasteiger partial charge in [-0.2, -0.15) is 0 Å². The topological polar surface area (TPSA) is 21.3 Å². The number of rotatable bonds is 7. The Balaban J connectivity index is 1.97. The zero-order valence-corrected chi connectivity index (χ0v) is 11.5. The van der Waals surface area contributed by atoms with E-state index in [0.717, 1.165) is 5.75 Å². The van der Waals surface area contributed by atoms with E-state index in [4.69, 9.17) is 4.84 Å². The molecular formula is C16H17NOS. The van der Waals surface area contributed by atoms with Crippen LogP contribution in [0.2, 0.25) is 0 Å². The first-order valence-electron chi connectivity index (χ1n) is 6.13. The maximum atomic E-state index is 5.28. The summed E-state index contributed by atoms with van der Waals surface area (Å²) in [5, 5.41) is 0. The molecule has 2 aromatic carbocycles. The molecule has 19 heavy (non-hydrogen) atoms. The Morgan fingerprint density at radius 2 is 1.79 bits per heavy atom. The van der Waals surface area contributed by atoms with Crippen molar-refractivity contribution in [1.82, 2.24) is 5.48 Å². The second kappa shape index (κ2) is 7.67. The lowest BCUT2D eigenvalue weighted by Gasteiger charge is -2.09. The second-order valence-corrected chi connectivity index (χ2v) is 5.01. The van der Waals surface area contributed by atoms with E-state index in [2.05, 4.69) is 54.5 Å². The van der Waals surface area contributed by atoms with E-state index in [0.29, 0.717) is 6.61 Å². The molecule has 0 fully saturated rings. The maximum absolute atomic E-state index is 5.28. The highest BCUT2D eigenvalue weighted by molar-refractivity contribution is 7.98. The van der Waals surface area contributed by atoms with Crippen molar-refractivity contribution in [2.24, 2.45) is 0 Å². The van der Waals surface area contributed by atoms with E-state index in [-0.39, 0.29) is 0 Å². The molecule has 0 saturated heterocycles. The third kappa shape index (κ3) is 4.47. The summed E-state index contributed by atoms with van der Waals surface area (Å²) in [4.78, 5) is 6.53.